The lowest BCUT2D eigenvalue weighted by Gasteiger charge is -2.31. The van der Waals surface area contributed by atoms with Gasteiger partial charge in [0.25, 0.3) is 0 Å². The zero-order chi connectivity index (χ0) is 20.5. The highest BCUT2D eigenvalue weighted by atomic mass is 19.1. The second-order valence-corrected chi connectivity index (χ2v) is 6.52. The topological polar surface area (TPSA) is 94.9 Å². The van der Waals surface area contributed by atoms with E-state index in [1.807, 2.05) is 6.07 Å². The summed E-state index contributed by atoms with van der Waals surface area (Å²) in [5, 5.41) is 14.8. The summed E-state index contributed by atoms with van der Waals surface area (Å²) in [6.07, 6.45) is 1.76. The summed E-state index contributed by atoms with van der Waals surface area (Å²) < 4.78 is 12.9. The largest absolute Gasteiger partial charge is 0.473 e. The molecule has 2 aromatic rings. The van der Waals surface area contributed by atoms with Crippen LogP contribution in [0.3, 0.4) is 0 Å². The number of likely N-dealkylation sites (tertiary alicyclic amines) is 1. The van der Waals surface area contributed by atoms with Gasteiger partial charge in [0.05, 0.1) is 0 Å². The lowest BCUT2D eigenvalue weighted by molar-refractivity contribution is -0.159. The molecule has 148 valence electrons. The van der Waals surface area contributed by atoms with Gasteiger partial charge >= 0.3 is 11.9 Å². The number of hydrogen-bond donors (Lipinski definition) is 2. The predicted octanol–water partition coefficient (Wildman–Crippen LogP) is 3.08. The van der Waals surface area contributed by atoms with Gasteiger partial charge in [0.1, 0.15) is 5.82 Å². The van der Waals surface area contributed by atoms with Gasteiger partial charge in [-0.1, -0.05) is 30.3 Å². The molecule has 0 radical (unpaired) electrons. The van der Waals surface area contributed by atoms with Crippen molar-refractivity contribution >= 4 is 17.7 Å². The number of Topliss-reactive ketones (excluding diaryl/α,β-unsaturated/α-hetero) is 1. The number of carbonyl (C=O) groups is 3. The number of carbonyl (C=O) groups excluding carboxylic acids is 1. The smallest absolute Gasteiger partial charge is 0.414 e. The molecule has 7 heteroatoms. The van der Waals surface area contributed by atoms with Crippen LogP contribution in [0, 0.1) is 11.7 Å². The van der Waals surface area contributed by atoms with Gasteiger partial charge in [-0.2, -0.15) is 0 Å². The van der Waals surface area contributed by atoms with Crippen LogP contribution in [0.15, 0.2) is 54.6 Å². The Balaban J connectivity index is 0.000000409. The van der Waals surface area contributed by atoms with Gasteiger partial charge in [-0.05, 0) is 55.8 Å². The molecule has 1 aliphatic heterocycles. The normalized spacial score (nSPS) is 14.6. The van der Waals surface area contributed by atoms with Gasteiger partial charge < -0.3 is 10.2 Å². The van der Waals surface area contributed by atoms with Crippen LogP contribution < -0.4 is 0 Å². The standard InChI is InChI=1S/C19H20FNO.C2H2O4/c20-18-8-6-16(7-9-18)19(22)17-10-12-21(13-11-17)14-15-4-2-1-3-5-15;3-1(4)2(5)6/h1-9,17H,10-14H2;(H,3,4)(H,5,6). The van der Waals surface area contributed by atoms with E-state index in [-0.39, 0.29) is 17.5 Å². The summed E-state index contributed by atoms with van der Waals surface area (Å²) >= 11 is 0. The van der Waals surface area contributed by atoms with E-state index in [4.69, 9.17) is 19.8 Å². The van der Waals surface area contributed by atoms with Crippen molar-refractivity contribution < 1.29 is 29.0 Å². The first kappa shape index (κ1) is 21.2. The minimum Gasteiger partial charge on any atom is -0.473 e. The van der Waals surface area contributed by atoms with Crippen LogP contribution in [-0.4, -0.2) is 45.9 Å². The van der Waals surface area contributed by atoms with Crippen molar-refractivity contribution in [2.45, 2.75) is 19.4 Å². The molecule has 28 heavy (non-hydrogen) atoms. The third kappa shape index (κ3) is 6.59. The lowest BCUT2D eigenvalue weighted by Crippen LogP contribution is -2.35. The number of benzene rings is 2. The Bertz CT molecular complexity index is 787. The Labute approximate surface area is 162 Å². The first-order valence-corrected chi connectivity index (χ1v) is 8.89. The summed E-state index contributed by atoms with van der Waals surface area (Å²) in [5.74, 6) is -3.73. The third-order valence-corrected chi connectivity index (χ3v) is 4.52. The molecule has 1 heterocycles. The maximum absolute atomic E-state index is 12.9. The van der Waals surface area contributed by atoms with Crippen LogP contribution >= 0.6 is 0 Å². The first-order chi connectivity index (χ1) is 13.4. The Hall–Kier alpha value is -3.06. The van der Waals surface area contributed by atoms with Gasteiger partial charge in [0, 0.05) is 18.0 Å². The molecule has 1 aliphatic rings. The van der Waals surface area contributed by atoms with Crippen molar-refractivity contribution in [3.8, 4) is 0 Å². The molecular weight excluding hydrogens is 365 g/mol. The average Bonchev–Trinajstić information content (AvgIpc) is 2.70. The zero-order valence-electron chi connectivity index (χ0n) is 15.3. The van der Waals surface area contributed by atoms with Crippen molar-refractivity contribution in [3.05, 3.63) is 71.5 Å². The summed E-state index contributed by atoms with van der Waals surface area (Å²) in [4.78, 5) is 33.0. The second kappa shape index (κ2) is 10.3. The van der Waals surface area contributed by atoms with E-state index in [1.165, 1.54) is 17.7 Å². The molecule has 0 aliphatic carbocycles. The van der Waals surface area contributed by atoms with E-state index < -0.39 is 11.9 Å². The minimum absolute atomic E-state index is 0.0671. The summed E-state index contributed by atoms with van der Waals surface area (Å²) in [6, 6.07) is 16.3. The molecule has 0 aromatic heterocycles. The molecule has 0 spiro atoms. The molecule has 0 atom stereocenters. The number of piperidine rings is 1. The maximum atomic E-state index is 12.9. The van der Waals surface area contributed by atoms with Crippen LogP contribution in [0.25, 0.3) is 0 Å². The second-order valence-electron chi connectivity index (χ2n) is 6.52. The fraction of sp³-hybridized carbons (Fsp3) is 0.286. The highest BCUT2D eigenvalue weighted by Crippen LogP contribution is 2.23. The van der Waals surface area contributed by atoms with Crippen LogP contribution in [0.2, 0.25) is 0 Å². The Morgan fingerprint density at radius 1 is 0.893 bits per heavy atom. The van der Waals surface area contributed by atoms with Crippen molar-refractivity contribution in [1.82, 2.24) is 4.90 Å². The van der Waals surface area contributed by atoms with Crippen LogP contribution in [0.5, 0.6) is 0 Å². The fourth-order valence-electron chi connectivity index (χ4n) is 3.04. The van der Waals surface area contributed by atoms with Gasteiger partial charge in [0.15, 0.2) is 5.78 Å². The van der Waals surface area contributed by atoms with E-state index in [9.17, 15) is 9.18 Å². The summed E-state index contributed by atoms with van der Waals surface area (Å²) in [5.41, 5.74) is 1.94. The predicted molar refractivity (Wildman–Crippen MR) is 100 cm³/mol. The number of nitrogens with zero attached hydrogens (tertiary/aromatic N) is 1. The minimum atomic E-state index is -1.82. The fourth-order valence-corrected chi connectivity index (χ4v) is 3.04. The molecule has 3 rings (SSSR count). The molecule has 0 amide bonds. The molecule has 6 nitrogen and oxygen atoms in total. The maximum Gasteiger partial charge on any atom is 0.414 e. The van der Waals surface area contributed by atoms with Gasteiger partial charge in [-0.15, -0.1) is 0 Å². The molecule has 1 saturated heterocycles. The van der Waals surface area contributed by atoms with Crippen LogP contribution in [0.4, 0.5) is 4.39 Å². The molecule has 0 bridgehead atoms. The van der Waals surface area contributed by atoms with Crippen LogP contribution in [-0.2, 0) is 16.1 Å². The number of ketones is 1. The number of aliphatic carboxylic acids is 2. The number of hydrogen-bond acceptors (Lipinski definition) is 4. The SMILES string of the molecule is O=C(O)C(=O)O.O=C(c1ccc(F)cc1)C1CCN(Cc2ccccc2)CC1. The molecule has 2 aromatic carbocycles. The van der Waals surface area contributed by atoms with Crippen LogP contribution in [0.1, 0.15) is 28.8 Å². The van der Waals surface area contributed by atoms with Crippen molar-refractivity contribution in [3.63, 3.8) is 0 Å². The summed E-state index contributed by atoms with van der Waals surface area (Å²) in [7, 11) is 0. The highest BCUT2D eigenvalue weighted by molar-refractivity contribution is 6.27. The Kier molecular flexibility index (Phi) is 7.83. The number of carboxylic acid groups (broad SMARTS) is 2. The van der Waals surface area contributed by atoms with E-state index in [2.05, 4.69) is 29.2 Å². The van der Waals surface area contributed by atoms with E-state index in [1.54, 1.807) is 12.1 Å². The quantitative estimate of drug-likeness (QED) is 0.618. The van der Waals surface area contributed by atoms with Gasteiger partial charge in [-0.25, -0.2) is 14.0 Å². The number of carboxylic acids is 2. The monoisotopic (exact) mass is 387 g/mol. The van der Waals surface area contributed by atoms with Crippen molar-refractivity contribution in [2.24, 2.45) is 5.92 Å². The molecule has 0 unspecified atom stereocenters. The number of rotatable bonds is 4. The van der Waals surface area contributed by atoms with Crippen molar-refractivity contribution in [2.75, 3.05) is 13.1 Å². The molecule has 0 saturated carbocycles. The zero-order valence-corrected chi connectivity index (χ0v) is 15.3. The van der Waals surface area contributed by atoms with Gasteiger partial charge in [0.2, 0.25) is 0 Å². The molecular formula is C21H22FNO5. The molecule has 1 fully saturated rings. The van der Waals surface area contributed by atoms with E-state index in [0.29, 0.717) is 5.56 Å². The highest BCUT2D eigenvalue weighted by Gasteiger charge is 2.25. The van der Waals surface area contributed by atoms with E-state index >= 15 is 0 Å². The van der Waals surface area contributed by atoms with Crippen molar-refractivity contribution in [1.29, 1.82) is 0 Å². The Morgan fingerprint density at radius 2 is 1.43 bits per heavy atom. The Morgan fingerprint density at radius 3 is 1.93 bits per heavy atom. The summed E-state index contributed by atoms with van der Waals surface area (Å²) in [6.45, 7) is 2.82. The molecule has 2 N–H and O–H groups in total. The van der Waals surface area contributed by atoms with E-state index in [0.717, 1.165) is 32.5 Å². The first-order valence-electron chi connectivity index (χ1n) is 8.89. The lowest BCUT2D eigenvalue weighted by atomic mass is 9.89. The van der Waals surface area contributed by atoms with Gasteiger partial charge in [-0.3, -0.25) is 9.69 Å². The average molecular weight is 387 g/mol. The third-order valence-electron chi connectivity index (χ3n) is 4.52. The number of halogens is 1.